The van der Waals surface area contributed by atoms with Gasteiger partial charge in [0, 0.05) is 12.1 Å². The number of primary amides is 1. The highest BCUT2D eigenvalue weighted by Gasteiger charge is 2.05. The molecule has 0 aliphatic rings. The molecule has 0 aliphatic heterocycles. The molecule has 0 spiro atoms. The van der Waals surface area contributed by atoms with E-state index in [1.807, 2.05) is 24.3 Å². The van der Waals surface area contributed by atoms with Crippen molar-refractivity contribution < 1.29 is 4.79 Å². The number of nitrogens with one attached hydrogen (secondary N) is 1. The zero-order valence-corrected chi connectivity index (χ0v) is 11.5. The fourth-order valence-corrected chi connectivity index (χ4v) is 2.20. The number of carbonyl (C=O) groups is 1. The molecule has 0 radical (unpaired) electrons. The van der Waals surface area contributed by atoms with Gasteiger partial charge in [-0.2, -0.15) is 0 Å². The van der Waals surface area contributed by atoms with Gasteiger partial charge in [-0.25, -0.2) is 0 Å². The predicted octanol–water partition coefficient (Wildman–Crippen LogP) is 2.51. The third kappa shape index (κ3) is 4.21. The molecule has 0 atom stereocenters. The molecule has 0 fully saturated rings. The van der Waals surface area contributed by atoms with Crippen LogP contribution in [0.3, 0.4) is 0 Å². The van der Waals surface area contributed by atoms with E-state index in [9.17, 15) is 4.79 Å². The Balaban J connectivity index is 1.75. The van der Waals surface area contributed by atoms with Gasteiger partial charge < -0.3 is 11.1 Å². The minimum Gasteiger partial charge on any atom is -0.366 e. The molecule has 3 nitrogen and oxygen atoms in total. The van der Waals surface area contributed by atoms with Gasteiger partial charge in [-0.05, 0) is 36.6 Å². The lowest BCUT2D eigenvalue weighted by atomic mass is 10.1. The molecule has 0 unspecified atom stereocenters. The average molecular weight is 268 g/mol. The quantitative estimate of drug-likeness (QED) is 0.758. The summed E-state index contributed by atoms with van der Waals surface area (Å²) in [5.74, 6) is -0.369. The zero-order chi connectivity index (χ0) is 14.2. The van der Waals surface area contributed by atoms with Crippen LogP contribution in [-0.2, 0) is 13.0 Å². The van der Waals surface area contributed by atoms with Gasteiger partial charge >= 0.3 is 0 Å². The van der Waals surface area contributed by atoms with Crippen LogP contribution in [0.2, 0.25) is 0 Å². The fraction of sp³-hybridized carbons (Fsp3) is 0.235. The van der Waals surface area contributed by atoms with Crippen LogP contribution in [0.15, 0.2) is 54.6 Å². The predicted molar refractivity (Wildman–Crippen MR) is 81.4 cm³/mol. The number of aryl methyl sites for hydroxylation is 1. The van der Waals surface area contributed by atoms with Crippen LogP contribution in [0.5, 0.6) is 0 Å². The third-order valence-electron chi connectivity index (χ3n) is 3.26. The Labute approximate surface area is 119 Å². The summed E-state index contributed by atoms with van der Waals surface area (Å²) in [5, 5.41) is 3.36. The van der Waals surface area contributed by atoms with E-state index in [1.165, 1.54) is 5.56 Å². The molecule has 2 aromatic rings. The fourth-order valence-electron chi connectivity index (χ4n) is 2.20. The molecule has 2 aromatic carbocycles. The summed E-state index contributed by atoms with van der Waals surface area (Å²) >= 11 is 0. The van der Waals surface area contributed by atoms with E-state index >= 15 is 0 Å². The molecule has 0 aliphatic carbocycles. The van der Waals surface area contributed by atoms with Crippen molar-refractivity contribution in [1.29, 1.82) is 0 Å². The molecule has 0 heterocycles. The molecule has 20 heavy (non-hydrogen) atoms. The number of amides is 1. The maximum atomic E-state index is 11.3. The van der Waals surface area contributed by atoms with Gasteiger partial charge in [0.1, 0.15) is 0 Å². The number of carbonyl (C=O) groups excluding carboxylic acids is 1. The van der Waals surface area contributed by atoms with Crippen molar-refractivity contribution in [3.05, 3.63) is 71.3 Å². The molecule has 0 saturated heterocycles. The minimum absolute atomic E-state index is 0.369. The van der Waals surface area contributed by atoms with Crippen LogP contribution in [-0.4, -0.2) is 12.5 Å². The molecule has 0 aromatic heterocycles. The maximum Gasteiger partial charge on any atom is 0.249 e. The minimum atomic E-state index is -0.369. The summed E-state index contributed by atoms with van der Waals surface area (Å²) in [7, 11) is 0. The largest absolute Gasteiger partial charge is 0.366 e. The summed E-state index contributed by atoms with van der Waals surface area (Å²) in [4.78, 5) is 11.3. The van der Waals surface area contributed by atoms with Crippen molar-refractivity contribution >= 4 is 5.91 Å². The molecular formula is C17H20N2O. The first-order valence-electron chi connectivity index (χ1n) is 6.90. The van der Waals surface area contributed by atoms with Gasteiger partial charge in [0.2, 0.25) is 5.91 Å². The zero-order valence-electron chi connectivity index (χ0n) is 11.5. The number of rotatable bonds is 7. The van der Waals surface area contributed by atoms with E-state index in [0.717, 1.165) is 24.9 Å². The van der Waals surface area contributed by atoms with E-state index in [2.05, 4.69) is 29.6 Å². The van der Waals surface area contributed by atoms with Crippen molar-refractivity contribution in [3.8, 4) is 0 Å². The highest BCUT2D eigenvalue weighted by Crippen LogP contribution is 2.07. The lowest BCUT2D eigenvalue weighted by Crippen LogP contribution is -2.20. The summed E-state index contributed by atoms with van der Waals surface area (Å²) in [6, 6.07) is 17.9. The van der Waals surface area contributed by atoms with E-state index in [1.54, 1.807) is 6.07 Å². The van der Waals surface area contributed by atoms with Crippen LogP contribution in [0.4, 0.5) is 0 Å². The first-order valence-corrected chi connectivity index (χ1v) is 6.90. The Morgan fingerprint density at radius 1 is 1.00 bits per heavy atom. The molecule has 0 bridgehead atoms. The van der Waals surface area contributed by atoms with Gasteiger partial charge in [0.25, 0.3) is 0 Å². The Morgan fingerprint density at radius 3 is 2.45 bits per heavy atom. The van der Waals surface area contributed by atoms with Crippen LogP contribution in [0.1, 0.15) is 27.9 Å². The highest BCUT2D eigenvalue weighted by atomic mass is 16.1. The molecule has 3 N–H and O–H groups in total. The Hall–Kier alpha value is -2.13. The van der Waals surface area contributed by atoms with Crippen molar-refractivity contribution in [2.45, 2.75) is 19.4 Å². The standard InChI is InChI=1S/C17H20N2O/c18-17(20)16-11-5-4-10-15(16)13-19-12-6-9-14-7-2-1-3-8-14/h1-5,7-8,10-11,19H,6,9,12-13H2,(H2,18,20). The van der Waals surface area contributed by atoms with Gasteiger partial charge in [-0.3, -0.25) is 4.79 Å². The molecule has 3 heteroatoms. The summed E-state index contributed by atoms with van der Waals surface area (Å²) in [5.41, 5.74) is 8.27. The molecule has 104 valence electrons. The molecule has 2 rings (SSSR count). The lowest BCUT2D eigenvalue weighted by Gasteiger charge is -2.08. The monoisotopic (exact) mass is 268 g/mol. The number of nitrogens with two attached hydrogens (primary N) is 1. The van der Waals surface area contributed by atoms with Gasteiger partial charge in [0.05, 0.1) is 0 Å². The van der Waals surface area contributed by atoms with Crippen LogP contribution in [0.25, 0.3) is 0 Å². The lowest BCUT2D eigenvalue weighted by molar-refractivity contribution is 0.0999. The molecule has 1 amide bonds. The first kappa shape index (κ1) is 14.3. The second-order valence-corrected chi connectivity index (χ2v) is 4.79. The average Bonchev–Trinajstić information content (AvgIpc) is 2.48. The van der Waals surface area contributed by atoms with Gasteiger partial charge in [0.15, 0.2) is 0 Å². The number of hydrogen-bond donors (Lipinski definition) is 2. The van der Waals surface area contributed by atoms with E-state index in [4.69, 9.17) is 5.73 Å². The summed E-state index contributed by atoms with van der Waals surface area (Å²) in [6.07, 6.45) is 2.13. The SMILES string of the molecule is NC(=O)c1ccccc1CNCCCc1ccccc1. The van der Waals surface area contributed by atoms with E-state index < -0.39 is 0 Å². The number of hydrogen-bond acceptors (Lipinski definition) is 2. The van der Waals surface area contributed by atoms with E-state index in [-0.39, 0.29) is 5.91 Å². The Kier molecular flexibility index (Phi) is 5.33. The Morgan fingerprint density at radius 2 is 1.70 bits per heavy atom. The number of benzene rings is 2. The smallest absolute Gasteiger partial charge is 0.249 e. The topological polar surface area (TPSA) is 55.1 Å². The van der Waals surface area contributed by atoms with Crippen molar-refractivity contribution in [1.82, 2.24) is 5.32 Å². The van der Waals surface area contributed by atoms with E-state index in [0.29, 0.717) is 12.1 Å². The van der Waals surface area contributed by atoms with Gasteiger partial charge in [-0.1, -0.05) is 48.5 Å². The third-order valence-corrected chi connectivity index (χ3v) is 3.26. The van der Waals surface area contributed by atoms with Crippen molar-refractivity contribution in [3.63, 3.8) is 0 Å². The van der Waals surface area contributed by atoms with Crippen LogP contribution >= 0.6 is 0 Å². The van der Waals surface area contributed by atoms with Crippen molar-refractivity contribution in [2.75, 3.05) is 6.54 Å². The Bertz CT molecular complexity index is 552. The second kappa shape index (κ2) is 7.46. The normalized spacial score (nSPS) is 10.4. The van der Waals surface area contributed by atoms with Crippen LogP contribution in [0, 0.1) is 0 Å². The summed E-state index contributed by atoms with van der Waals surface area (Å²) in [6.45, 7) is 1.59. The highest BCUT2D eigenvalue weighted by molar-refractivity contribution is 5.94. The first-order chi connectivity index (χ1) is 9.77. The maximum absolute atomic E-state index is 11.3. The second-order valence-electron chi connectivity index (χ2n) is 4.79. The summed E-state index contributed by atoms with van der Waals surface area (Å²) < 4.78 is 0. The van der Waals surface area contributed by atoms with Gasteiger partial charge in [-0.15, -0.1) is 0 Å². The van der Waals surface area contributed by atoms with Crippen molar-refractivity contribution in [2.24, 2.45) is 5.73 Å². The van der Waals surface area contributed by atoms with Crippen LogP contribution < -0.4 is 11.1 Å². The molecular weight excluding hydrogens is 248 g/mol. The molecule has 0 saturated carbocycles.